The predicted molar refractivity (Wildman–Crippen MR) is 107 cm³/mol. The molecule has 144 valence electrons. The van der Waals surface area contributed by atoms with Crippen LogP contribution in [0.4, 0.5) is 9.93 Å². The Morgan fingerprint density at radius 2 is 2.15 bits per heavy atom. The summed E-state index contributed by atoms with van der Waals surface area (Å²) in [5.41, 5.74) is 7.46. The molecule has 1 aliphatic rings. The van der Waals surface area contributed by atoms with Crippen molar-refractivity contribution >= 4 is 28.4 Å². The van der Waals surface area contributed by atoms with Crippen LogP contribution in [0, 0.1) is 6.92 Å². The Kier molecular flexibility index (Phi) is 5.19. The summed E-state index contributed by atoms with van der Waals surface area (Å²) in [6, 6.07) is 3.66. The molecule has 1 fully saturated rings. The molecule has 0 saturated carbocycles. The summed E-state index contributed by atoms with van der Waals surface area (Å²) in [5, 5.41) is 3.34. The number of amides is 3. The number of nitrogens with two attached hydrogens (primary N) is 1. The molecule has 0 bridgehead atoms. The molecule has 3 N–H and O–H groups in total. The highest BCUT2D eigenvalue weighted by Crippen LogP contribution is 2.35. The molecule has 1 atom stereocenters. The van der Waals surface area contributed by atoms with Crippen LogP contribution in [0.3, 0.4) is 0 Å². The minimum absolute atomic E-state index is 0.332. The number of carbonyl (C=O) groups is 2. The number of hydrogen-bond acceptors (Lipinski definition) is 5. The fourth-order valence-corrected chi connectivity index (χ4v) is 4.28. The zero-order valence-electron chi connectivity index (χ0n) is 16.1. The quantitative estimate of drug-likeness (QED) is 0.838. The maximum absolute atomic E-state index is 12.7. The molecule has 8 heteroatoms. The molecule has 0 aliphatic carbocycles. The normalized spacial score (nSPS) is 19.5. The summed E-state index contributed by atoms with van der Waals surface area (Å²) in [6.07, 6.45) is 3.13. The highest BCUT2D eigenvalue weighted by molar-refractivity contribution is 7.19. The molecule has 0 radical (unpaired) electrons. The van der Waals surface area contributed by atoms with E-state index in [-0.39, 0.29) is 6.03 Å². The number of hydrogen-bond donors (Lipinski definition) is 2. The third kappa shape index (κ3) is 3.66. The number of urea groups is 1. The summed E-state index contributed by atoms with van der Waals surface area (Å²) in [7, 11) is 0. The Hall–Kier alpha value is -2.48. The number of carbonyl (C=O) groups excluding carboxylic acids is 2. The second kappa shape index (κ2) is 7.26. The van der Waals surface area contributed by atoms with Gasteiger partial charge in [-0.25, -0.2) is 9.78 Å². The van der Waals surface area contributed by atoms with Crippen molar-refractivity contribution in [1.29, 1.82) is 0 Å². The summed E-state index contributed by atoms with van der Waals surface area (Å²) < 4.78 is 0. The lowest BCUT2D eigenvalue weighted by atomic mass is 9.98. The maximum atomic E-state index is 12.7. The highest BCUT2D eigenvalue weighted by atomic mass is 32.1. The number of nitrogens with zero attached hydrogens (tertiary/aromatic N) is 3. The number of anilines is 1. The molecule has 0 unspecified atom stereocenters. The first-order chi connectivity index (χ1) is 12.7. The molecule has 2 aromatic rings. The van der Waals surface area contributed by atoms with Crippen molar-refractivity contribution in [2.45, 2.75) is 52.0 Å². The second-order valence-electron chi connectivity index (χ2n) is 7.38. The number of aromatic nitrogens is 2. The molecule has 3 amide bonds. The molecule has 0 aromatic carbocycles. The van der Waals surface area contributed by atoms with Gasteiger partial charge in [0, 0.05) is 18.4 Å². The Labute approximate surface area is 163 Å². The lowest BCUT2D eigenvalue weighted by Gasteiger charge is -2.31. The van der Waals surface area contributed by atoms with Crippen molar-refractivity contribution in [1.82, 2.24) is 14.9 Å². The third-order valence-electron chi connectivity index (χ3n) is 5.06. The van der Waals surface area contributed by atoms with Crippen molar-refractivity contribution in [2.75, 3.05) is 11.9 Å². The predicted octanol–water partition coefficient (Wildman–Crippen LogP) is 3.51. The number of primary amides is 1. The molecule has 2 aromatic heterocycles. The van der Waals surface area contributed by atoms with Crippen LogP contribution >= 0.6 is 11.3 Å². The lowest BCUT2D eigenvalue weighted by molar-refractivity contribution is -0.126. The van der Waals surface area contributed by atoms with E-state index in [4.69, 9.17) is 5.73 Å². The number of pyridine rings is 1. The first-order valence-corrected chi connectivity index (χ1v) is 9.86. The van der Waals surface area contributed by atoms with E-state index in [1.54, 1.807) is 13.1 Å². The van der Waals surface area contributed by atoms with E-state index in [0.29, 0.717) is 24.0 Å². The van der Waals surface area contributed by atoms with Gasteiger partial charge in [-0.2, -0.15) is 0 Å². The van der Waals surface area contributed by atoms with Gasteiger partial charge in [0.1, 0.15) is 5.54 Å². The third-order valence-corrected chi connectivity index (χ3v) is 6.18. The largest absolute Gasteiger partial charge is 0.368 e. The topological polar surface area (TPSA) is 101 Å². The van der Waals surface area contributed by atoms with Crippen LogP contribution in [0.1, 0.15) is 50.9 Å². The minimum Gasteiger partial charge on any atom is -0.368 e. The number of aryl methyl sites for hydroxylation is 1. The Morgan fingerprint density at radius 1 is 1.41 bits per heavy atom. The molecule has 27 heavy (non-hydrogen) atoms. The van der Waals surface area contributed by atoms with E-state index in [0.717, 1.165) is 28.2 Å². The van der Waals surface area contributed by atoms with E-state index in [1.165, 1.54) is 16.2 Å². The fourth-order valence-electron chi connectivity index (χ4n) is 3.33. The number of thiazole rings is 1. The SMILES string of the molecule is Cc1nc(NC(=O)N2CCC[C@@]2(C)C(N)=O)sc1-c1ccnc(C(C)C)c1. The van der Waals surface area contributed by atoms with Gasteiger partial charge in [0.25, 0.3) is 0 Å². The number of rotatable bonds is 4. The van der Waals surface area contributed by atoms with Gasteiger partial charge in [-0.1, -0.05) is 25.2 Å². The molecule has 1 saturated heterocycles. The summed E-state index contributed by atoms with van der Waals surface area (Å²) >= 11 is 1.41. The van der Waals surface area contributed by atoms with Gasteiger partial charge in [-0.3, -0.25) is 15.1 Å². The summed E-state index contributed by atoms with van der Waals surface area (Å²) in [6.45, 7) is 8.34. The van der Waals surface area contributed by atoms with E-state index in [1.807, 2.05) is 13.0 Å². The molecule has 1 aliphatic heterocycles. The van der Waals surface area contributed by atoms with Crippen LogP contribution in [0.2, 0.25) is 0 Å². The van der Waals surface area contributed by atoms with Gasteiger partial charge in [0.05, 0.1) is 10.6 Å². The van der Waals surface area contributed by atoms with Crippen LogP contribution in [-0.4, -0.2) is 38.9 Å². The van der Waals surface area contributed by atoms with Crippen LogP contribution < -0.4 is 11.1 Å². The highest BCUT2D eigenvalue weighted by Gasteiger charge is 2.44. The molecular weight excluding hydrogens is 362 g/mol. The Morgan fingerprint density at radius 3 is 2.81 bits per heavy atom. The molecular formula is C19H25N5O2S. The minimum atomic E-state index is -0.948. The smallest absolute Gasteiger partial charge is 0.324 e. The van der Waals surface area contributed by atoms with Crippen LogP contribution in [-0.2, 0) is 4.79 Å². The number of nitrogens with one attached hydrogen (secondary N) is 1. The molecule has 3 heterocycles. The average Bonchev–Trinajstić information content (AvgIpc) is 3.18. The van der Waals surface area contributed by atoms with E-state index in [9.17, 15) is 9.59 Å². The van der Waals surface area contributed by atoms with E-state index < -0.39 is 11.4 Å². The Bertz CT molecular complexity index is 879. The first-order valence-electron chi connectivity index (χ1n) is 9.04. The van der Waals surface area contributed by atoms with Crippen molar-refractivity contribution < 1.29 is 9.59 Å². The van der Waals surface area contributed by atoms with Crippen molar-refractivity contribution in [3.63, 3.8) is 0 Å². The van der Waals surface area contributed by atoms with Gasteiger partial charge in [0.15, 0.2) is 5.13 Å². The van der Waals surface area contributed by atoms with E-state index in [2.05, 4.69) is 35.2 Å². The van der Waals surface area contributed by atoms with Crippen molar-refractivity contribution in [3.8, 4) is 10.4 Å². The van der Waals surface area contributed by atoms with Crippen molar-refractivity contribution in [2.24, 2.45) is 5.73 Å². The lowest BCUT2D eigenvalue weighted by Crippen LogP contribution is -2.55. The van der Waals surface area contributed by atoms with Gasteiger partial charge in [0.2, 0.25) is 5.91 Å². The first kappa shape index (κ1) is 19.3. The Balaban J connectivity index is 1.82. The fraction of sp³-hybridized carbons (Fsp3) is 0.474. The van der Waals surface area contributed by atoms with Crippen LogP contribution in [0.5, 0.6) is 0 Å². The van der Waals surface area contributed by atoms with Crippen LogP contribution in [0.15, 0.2) is 18.3 Å². The average molecular weight is 388 g/mol. The zero-order valence-corrected chi connectivity index (χ0v) is 16.9. The van der Waals surface area contributed by atoms with Gasteiger partial charge >= 0.3 is 6.03 Å². The second-order valence-corrected chi connectivity index (χ2v) is 8.38. The summed E-state index contributed by atoms with van der Waals surface area (Å²) in [5.74, 6) is -0.150. The van der Waals surface area contributed by atoms with Gasteiger partial charge < -0.3 is 10.6 Å². The van der Waals surface area contributed by atoms with Gasteiger partial charge in [-0.15, -0.1) is 0 Å². The van der Waals surface area contributed by atoms with Crippen LogP contribution in [0.25, 0.3) is 10.4 Å². The standard InChI is InChI=1S/C19H25N5O2S/c1-11(2)14-10-13(6-8-21-14)15-12(3)22-17(27-15)23-18(26)24-9-5-7-19(24,4)16(20)25/h6,8,10-11H,5,7,9H2,1-4H3,(H2,20,25)(H,22,23,26)/t19-/m0/s1. The molecule has 7 nitrogen and oxygen atoms in total. The van der Waals surface area contributed by atoms with E-state index >= 15 is 0 Å². The molecule has 3 rings (SSSR count). The monoisotopic (exact) mass is 387 g/mol. The maximum Gasteiger partial charge on any atom is 0.324 e. The van der Waals surface area contributed by atoms with Gasteiger partial charge in [-0.05, 0) is 50.3 Å². The van der Waals surface area contributed by atoms with Crippen molar-refractivity contribution in [3.05, 3.63) is 29.7 Å². The zero-order chi connectivity index (χ0) is 19.8. The number of likely N-dealkylation sites (tertiary alicyclic amines) is 1. The summed E-state index contributed by atoms with van der Waals surface area (Å²) in [4.78, 5) is 35.9. The molecule has 0 spiro atoms.